The number of nitrogens with one attached hydrogen (secondary N) is 2. The average Bonchev–Trinajstić information content (AvgIpc) is 2.71. The van der Waals surface area contributed by atoms with Gasteiger partial charge in [-0.1, -0.05) is 42.2 Å². The van der Waals surface area contributed by atoms with Gasteiger partial charge in [0.2, 0.25) is 0 Å². The lowest BCUT2D eigenvalue weighted by Gasteiger charge is -1.95. The maximum atomic E-state index is 4.96. The van der Waals surface area contributed by atoms with Crippen LogP contribution in [0.25, 0.3) is 10.9 Å². The Labute approximate surface area is 103 Å². The first-order valence-electron chi connectivity index (χ1n) is 4.74. The van der Waals surface area contributed by atoms with E-state index in [1.165, 1.54) is 17.1 Å². The molecule has 0 spiro atoms. The average molecular weight is 249 g/mol. The van der Waals surface area contributed by atoms with Gasteiger partial charge in [0.1, 0.15) is 0 Å². The number of rotatable bonds is 2. The van der Waals surface area contributed by atoms with Crippen molar-refractivity contribution in [1.82, 2.24) is 10.4 Å². The normalized spacial score (nSPS) is 11.1. The van der Waals surface area contributed by atoms with Crippen molar-refractivity contribution < 1.29 is 0 Å². The van der Waals surface area contributed by atoms with Crippen LogP contribution in [0, 0.1) is 0 Å². The lowest BCUT2D eigenvalue weighted by atomic mass is 10.2. The summed E-state index contributed by atoms with van der Waals surface area (Å²) in [5.74, 6) is 0. The predicted molar refractivity (Wildman–Crippen MR) is 75.1 cm³/mol. The molecule has 2 N–H and O–H groups in total. The van der Waals surface area contributed by atoms with Gasteiger partial charge in [-0.2, -0.15) is 5.10 Å². The summed E-state index contributed by atoms with van der Waals surface area (Å²) in [6, 6.07) is 10.2. The number of H-pyrrole nitrogens is 1. The summed E-state index contributed by atoms with van der Waals surface area (Å²) in [6.07, 6.45) is 3.64. The topological polar surface area (TPSA) is 40.2 Å². The van der Waals surface area contributed by atoms with Crippen LogP contribution >= 0.6 is 24.0 Å². The summed E-state index contributed by atoms with van der Waals surface area (Å²) < 4.78 is 0.660. The van der Waals surface area contributed by atoms with E-state index < -0.39 is 0 Å². The molecule has 1 aromatic carbocycles. The van der Waals surface area contributed by atoms with Gasteiger partial charge in [0.05, 0.1) is 11.9 Å². The van der Waals surface area contributed by atoms with E-state index in [1.54, 1.807) is 6.21 Å². The molecule has 0 aliphatic carbocycles. The van der Waals surface area contributed by atoms with E-state index in [9.17, 15) is 0 Å². The zero-order valence-corrected chi connectivity index (χ0v) is 10.4. The molecule has 0 atom stereocenters. The lowest BCUT2D eigenvalue weighted by molar-refractivity contribution is 1.07. The third-order valence-corrected chi connectivity index (χ3v) is 3.15. The van der Waals surface area contributed by atoms with Gasteiger partial charge in [0.15, 0.2) is 4.32 Å². The molecule has 5 heteroatoms. The van der Waals surface area contributed by atoms with E-state index in [2.05, 4.69) is 21.6 Å². The van der Waals surface area contributed by atoms with Gasteiger partial charge in [-0.25, -0.2) is 0 Å². The molecule has 16 heavy (non-hydrogen) atoms. The number of benzene rings is 1. The van der Waals surface area contributed by atoms with Crippen molar-refractivity contribution in [2.45, 2.75) is 0 Å². The van der Waals surface area contributed by atoms with Crippen LogP contribution in [0.1, 0.15) is 5.69 Å². The Bertz CT molecular complexity index is 498. The minimum absolute atomic E-state index is 0.660. The largest absolute Gasteiger partial charge is 0.354 e. The van der Waals surface area contributed by atoms with Gasteiger partial charge in [-0.05, 0) is 18.4 Å². The number of hydrogen-bond acceptors (Lipinski definition) is 3. The van der Waals surface area contributed by atoms with E-state index in [1.807, 2.05) is 30.5 Å². The Hall–Kier alpha value is -1.33. The number of para-hydroxylation sites is 1. The quantitative estimate of drug-likeness (QED) is 0.488. The molecule has 2 aromatic rings. The first kappa shape index (κ1) is 11.2. The number of aromatic nitrogens is 1. The highest BCUT2D eigenvalue weighted by Crippen LogP contribution is 2.13. The minimum atomic E-state index is 0.660. The fourth-order valence-corrected chi connectivity index (χ4v) is 1.56. The van der Waals surface area contributed by atoms with Crippen LogP contribution < -0.4 is 5.43 Å². The Balaban J connectivity index is 2.12. The zero-order chi connectivity index (χ0) is 11.4. The summed E-state index contributed by atoms with van der Waals surface area (Å²) in [5, 5.41) is 5.22. The zero-order valence-electron chi connectivity index (χ0n) is 8.73. The lowest BCUT2D eigenvalue weighted by Crippen LogP contribution is -2.10. The van der Waals surface area contributed by atoms with E-state index in [0.717, 1.165) is 11.2 Å². The molecule has 2 rings (SSSR count). The smallest absolute Gasteiger partial charge is 0.153 e. The molecule has 0 aliphatic heterocycles. The van der Waals surface area contributed by atoms with Crippen molar-refractivity contribution in [2.24, 2.45) is 5.10 Å². The summed E-state index contributed by atoms with van der Waals surface area (Å²) in [5.41, 5.74) is 4.83. The molecule has 0 fully saturated rings. The van der Waals surface area contributed by atoms with Gasteiger partial charge >= 0.3 is 0 Å². The van der Waals surface area contributed by atoms with Crippen LogP contribution in [0.4, 0.5) is 0 Å². The maximum Gasteiger partial charge on any atom is 0.153 e. The number of fused-ring (bicyclic) bond motifs is 1. The summed E-state index contributed by atoms with van der Waals surface area (Å²) in [7, 11) is 0. The number of thiocarbonyl (C=S) groups is 1. The molecule has 0 saturated carbocycles. The Morgan fingerprint density at radius 2 is 2.31 bits per heavy atom. The molecule has 0 saturated heterocycles. The van der Waals surface area contributed by atoms with Gasteiger partial charge in [-0.3, -0.25) is 5.43 Å². The van der Waals surface area contributed by atoms with Gasteiger partial charge in [0, 0.05) is 10.9 Å². The SMILES string of the molecule is CSC(=S)N/N=C/c1cc2ccccc2[nH]1. The molecule has 1 heterocycles. The highest BCUT2D eigenvalue weighted by atomic mass is 32.2. The summed E-state index contributed by atoms with van der Waals surface area (Å²) in [6.45, 7) is 0. The second kappa shape index (κ2) is 5.14. The summed E-state index contributed by atoms with van der Waals surface area (Å²) >= 11 is 6.42. The second-order valence-corrected chi connectivity index (χ2v) is 4.66. The first-order valence-corrected chi connectivity index (χ1v) is 6.37. The molecule has 82 valence electrons. The van der Waals surface area contributed by atoms with Crippen LogP contribution in [-0.2, 0) is 0 Å². The maximum absolute atomic E-state index is 4.96. The highest BCUT2D eigenvalue weighted by Gasteiger charge is 1.96. The fourth-order valence-electron chi connectivity index (χ4n) is 1.37. The molecule has 0 radical (unpaired) electrons. The highest BCUT2D eigenvalue weighted by molar-refractivity contribution is 8.22. The Kier molecular flexibility index (Phi) is 3.58. The van der Waals surface area contributed by atoms with Crippen molar-refractivity contribution in [3.63, 3.8) is 0 Å². The third-order valence-electron chi connectivity index (χ3n) is 2.10. The summed E-state index contributed by atoms with van der Waals surface area (Å²) in [4.78, 5) is 3.25. The minimum Gasteiger partial charge on any atom is -0.354 e. The van der Waals surface area contributed by atoms with E-state index in [0.29, 0.717) is 4.32 Å². The third kappa shape index (κ3) is 2.62. The molecule has 3 nitrogen and oxygen atoms in total. The van der Waals surface area contributed by atoms with Crippen LogP contribution in [0.5, 0.6) is 0 Å². The van der Waals surface area contributed by atoms with Crippen LogP contribution in [-0.4, -0.2) is 21.8 Å². The van der Waals surface area contributed by atoms with E-state index >= 15 is 0 Å². The molecular weight excluding hydrogens is 238 g/mol. The number of hydrogen-bond donors (Lipinski definition) is 2. The second-order valence-electron chi connectivity index (χ2n) is 3.17. The monoisotopic (exact) mass is 249 g/mol. The van der Waals surface area contributed by atoms with Gasteiger partial charge in [0.25, 0.3) is 0 Å². The molecule has 0 amide bonds. The molecule has 0 bridgehead atoms. The van der Waals surface area contributed by atoms with Gasteiger partial charge < -0.3 is 4.98 Å². The molecular formula is C11H11N3S2. The van der Waals surface area contributed by atoms with E-state index in [-0.39, 0.29) is 0 Å². The van der Waals surface area contributed by atoms with Crippen molar-refractivity contribution in [3.8, 4) is 0 Å². The standard InChI is InChI=1S/C11H11N3S2/c1-16-11(15)14-12-7-9-6-8-4-2-3-5-10(8)13-9/h2-7,13H,1H3,(H,14,15)/b12-7+. The number of hydrazone groups is 1. The van der Waals surface area contributed by atoms with Crippen LogP contribution in [0.15, 0.2) is 35.4 Å². The number of aromatic amines is 1. The molecule has 1 aromatic heterocycles. The van der Waals surface area contributed by atoms with Crippen molar-refractivity contribution in [2.75, 3.05) is 6.26 Å². The predicted octanol–water partition coefficient (Wildman–Crippen LogP) is 2.74. The van der Waals surface area contributed by atoms with Crippen molar-refractivity contribution >= 4 is 45.4 Å². The van der Waals surface area contributed by atoms with Crippen molar-refractivity contribution in [1.29, 1.82) is 0 Å². The van der Waals surface area contributed by atoms with E-state index in [4.69, 9.17) is 12.2 Å². The van der Waals surface area contributed by atoms with Crippen LogP contribution in [0.2, 0.25) is 0 Å². The fraction of sp³-hybridized carbons (Fsp3) is 0.0909. The Morgan fingerprint density at radius 3 is 3.06 bits per heavy atom. The number of thioether (sulfide) groups is 1. The first-order chi connectivity index (χ1) is 7.79. The molecule has 0 unspecified atom stereocenters. The Morgan fingerprint density at radius 1 is 1.50 bits per heavy atom. The van der Waals surface area contributed by atoms with Crippen LogP contribution in [0.3, 0.4) is 0 Å². The molecule has 0 aliphatic rings. The van der Waals surface area contributed by atoms with Gasteiger partial charge in [-0.15, -0.1) is 0 Å². The number of nitrogens with zero attached hydrogens (tertiary/aromatic N) is 1. The van der Waals surface area contributed by atoms with Crippen molar-refractivity contribution in [3.05, 3.63) is 36.0 Å².